The fourth-order valence-corrected chi connectivity index (χ4v) is 2.68. The molecule has 1 unspecified atom stereocenters. The van der Waals surface area contributed by atoms with Crippen molar-refractivity contribution in [2.75, 3.05) is 0 Å². The second-order valence-electron chi connectivity index (χ2n) is 4.33. The van der Waals surface area contributed by atoms with E-state index in [1.165, 1.54) is 6.92 Å². The Bertz CT molecular complexity index is 687. The largest absolute Gasteiger partial charge is 0.293 e. The minimum Gasteiger partial charge on any atom is -0.293 e. The van der Waals surface area contributed by atoms with Crippen molar-refractivity contribution >= 4 is 17.5 Å². The van der Waals surface area contributed by atoms with E-state index in [2.05, 4.69) is 0 Å². The number of Topliss-reactive ketones (excluding diaryl/α,β-unsaturated/α-hetero) is 1. The molecule has 0 amide bonds. The van der Waals surface area contributed by atoms with Crippen LogP contribution in [0.15, 0.2) is 41.3 Å². The van der Waals surface area contributed by atoms with Gasteiger partial charge in [0.15, 0.2) is 17.4 Å². The van der Waals surface area contributed by atoms with E-state index in [1.54, 1.807) is 0 Å². The molecule has 1 nitrogen and oxygen atoms in total. The number of benzene rings is 2. The second kappa shape index (κ2) is 6.30. The van der Waals surface area contributed by atoms with Gasteiger partial charge in [-0.05, 0) is 43.3 Å². The molecule has 0 aliphatic rings. The third kappa shape index (κ3) is 3.64. The molecular formula is C15H10F4OS. The van der Waals surface area contributed by atoms with E-state index in [4.69, 9.17) is 0 Å². The number of ketones is 1. The van der Waals surface area contributed by atoms with E-state index in [0.717, 1.165) is 48.2 Å². The smallest absolute Gasteiger partial charge is 0.175 e. The number of halogens is 4. The fourth-order valence-electron chi connectivity index (χ4n) is 1.70. The minimum atomic E-state index is -1.13. The third-order valence-corrected chi connectivity index (χ3v) is 3.90. The van der Waals surface area contributed by atoms with Gasteiger partial charge >= 0.3 is 0 Å². The first-order valence-electron chi connectivity index (χ1n) is 5.99. The van der Waals surface area contributed by atoms with Gasteiger partial charge in [-0.25, -0.2) is 17.6 Å². The Labute approximate surface area is 123 Å². The van der Waals surface area contributed by atoms with Gasteiger partial charge in [-0.2, -0.15) is 0 Å². The Morgan fingerprint density at radius 1 is 0.952 bits per heavy atom. The van der Waals surface area contributed by atoms with Crippen molar-refractivity contribution in [1.82, 2.24) is 0 Å². The Morgan fingerprint density at radius 3 is 2.29 bits per heavy atom. The maximum absolute atomic E-state index is 13.5. The molecule has 0 fully saturated rings. The van der Waals surface area contributed by atoms with Crippen molar-refractivity contribution in [2.45, 2.75) is 17.1 Å². The summed E-state index contributed by atoms with van der Waals surface area (Å²) >= 11 is 0.817. The van der Waals surface area contributed by atoms with Gasteiger partial charge in [-0.15, -0.1) is 11.8 Å². The van der Waals surface area contributed by atoms with Crippen LogP contribution in [0, 0.1) is 23.3 Å². The van der Waals surface area contributed by atoms with Gasteiger partial charge in [-0.3, -0.25) is 4.79 Å². The first kappa shape index (κ1) is 15.6. The van der Waals surface area contributed by atoms with Crippen LogP contribution >= 0.6 is 11.8 Å². The summed E-state index contributed by atoms with van der Waals surface area (Å²) in [4.78, 5) is 12.1. The molecule has 2 aromatic rings. The van der Waals surface area contributed by atoms with Crippen LogP contribution in [0.2, 0.25) is 0 Å². The first-order valence-corrected chi connectivity index (χ1v) is 6.87. The highest BCUT2D eigenvalue weighted by atomic mass is 32.2. The molecule has 6 heteroatoms. The van der Waals surface area contributed by atoms with Gasteiger partial charge < -0.3 is 0 Å². The lowest BCUT2D eigenvalue weighted by Gasteiger charge is -2.11. The van der Waals surface area contributed by atoms with Gasteiger partial charge in [0.2, 0.25) is 0 Å². The number of hydrogen-bond donors (Lipinski definition) is 0. The first-order chi connectivity index (χ1) is 9.88. The highest BCUT2D eigenvalue weighted by molar-refractivity contribution is 8.00. The van der Waals surface area contributed by atoms with Crippen molar-refractivity contribution in [2.24, 2.45) is 0 Å². The van der Waals surface area contributed by atoms with Crippen molar-refractivity contribution < 1.29 is 22.4 Å². The van der Waals surface area contributed by atoms with Crippen LogP contribution in [-0.4, -0.2) is 11.0 Å². The second-order valence-corrected chi connectivity index (χ2v) is 5.71. The number of carbonyl (C=O) groups is 1. The van der Waals surface area contributed by atoms with E-state index in [-0.39, 0.29) is 10.5 Å². The molecule has 0 radical (unpaired) electrons. The lowest BCUT2D eigenvalue weighted by molar-refractivity contribution is 0.0993. The van der Waals surface area contributed by atoms with Gasteiger partial charge in [0.1, 0.15) is 11.6 Å². The molecule has 0 aliphatic heterocycles. The van der Waals surface area contributed by atoms with Crippen molar-refractivity contribution in [3.05, 3.63) is 65.2 Å². The predicted octanol–water partition coefficient (Wildman–Crippen LogP) is 4.61. The number of hydrogen-bond acceptors (Lipinski definition) is 2. The average Bonchev–Trinajstić information content (AvgIpc) is 2.45. The molecular weight excluding hydrogens is 304 g/mol. The minimum absolute atomic E-state index is 0.0153. The zero-order chi connectivity index (χ0) is 15.6. The zero-order valence-electron chi connectivity index (χ0n) is 10.9. The molecule has 2 rings (SSSR count). The van der Waals surface area contributed by atoms with Crippen LogP contribution in [-0.2, 0) is 0 Å². The highest BCUT2D eigenvalue weighted by Crippen LogP contribution is 2.28. The average molecular weight is 314 g/mol. The normalized spacial score (nSPS) is 12.2. The molecule has 0 N–H and O–H groups in total. The summed E-state index contributed by atoms with van der Waals surface area (Å²) in [5.74, 6) is -3.95. The monoisotopic (exact) mass is 314 g/mol. The molecule has 110 valence electrons. The molecule has 0 aromatic heterocycles. The van der Waals surface area contributed by atoms with Crippen molar-refractivity contribution in [3.63, 3.8) is 0 Å². The van der Waals surface area contributed by atoms with Gasteiger partial charge in [0.25, 0.3) is 0 Å². The Kier molecular flexibility index (Phi) is 4.67. The number of rotatable bonds is 4. The highest BCUT2D eigenvalue weighted by Gasteiger charge is 2.19. The van der Waals surface area contributed by atoms with E-state index >= 15 is 0 Å². The lowest BCUT2D eigenvalue weighted by Crippen LogP contribution is -2.14. The molecule has 0 saturated carbocycles. The molecule has 0 spiro atoms. The molecule has 2 aromatic carbocycles. The Hall–Kier alpha value is -1.82. The molecule has 0 heterocycles. The Morgan fingerprint density at radius 2 is 1.62 bits per heavy atom. The van der Waals surface area contributed by atoms with Crippen LogP contribution < -0.4 is 0 Å². The lowest BCUT2D eigenvalue weighted by atomic mass is 10.1. The SMILES string of the molecule is CC(Sc1cc(F)ccc1F)C(=O)c1ccc(F)c(F)c1. The van der Waals surface area contributed by atoms with Crippen LogP contribution in [0.1, 0.15) is 17.3 Å². The number of thioether (sulfide) groups is 1. The van der Waals surface area contributed by atoms with Gasteiger partial charge in [0.05, 0.1) is 5.25 Å². The third-order valence-electron chi connectivity index (χ3n) is 2.77. The van der Waals surface area contributed by atoms with Gasteiger partial charge in [-0.1, -0.05) is 0 Å². The number of carbonyl (C=O) groups excluding carboxylic acids is 1. The molecule has 21 heavy (non-hydrogen) atoms. The summed E-state index contributed by atoms with van der Waals surface area (Å²) in [5, 5.41) is -0.772. The summed E-state index contributed by atoms with van der Waals surface area (Å²) in [6.07, 6.45) is 0. The van der Waals surface area contributed by atoms with E-state index in [0.29, 0.717) is 0 Å². The topological polar surface area (TPSA) is 17.1 Å². The van der Waals surface area contributed by atoms with Crippen molar-refractivity contribution in [3.8, 4) is 0 Å². The maximum Gasteiger partial charge on any atom is 0.175 e. The van der Waals surface area contributed by atoms with Crippen LogP contribution in [0.25, 0.3) is 0 Å². The van der Waals surface area contributed by atoms with Crippen LogP contribution in [0.5, 0.6) is 0 Å². The van der Waals surface area contributed by atoms with E-state index in [1.807, 2.05) is 0 Å². The fraction of sp³-hybridized carbons (Fsp3) is 0.133. The molecule has 0 bridgehead atoms. The predicted molar refractivity (Wildman–Crippen MR) is 72.4 cm³/mol. The Balaban J connectivity index is 2.19. The molecule has 1 atom stereocenters. The quantitative estimate of drug-likeness (QED) is 0.466. The summed E-state index contributed by atoms with van der Waals surface area (Å²) in [6.45, 7) is 1.48. The standard InChI is InChI=1S/C15H10F4OS/c1-8(21-14-7-10(16)3-5-12(14)18)15(20)9-2-4-11(17)13(19)6-9/h2-8H,1H3. The summed E-state index contributed by atoms with van der Waals surface area (Å²) < 4.78 is 52.5. The molecule has 0 aliphatic carbocycles. The summed E-state index contributed by atoms with van der Waals surface area (Å²) in [6, 6.07) is 5.71. The van der Waals surface area contributed by atoms with E-state index in [9.17, 15) is 22.4 Å². The summed E-state index contributed by atoms with van der Waals surface area (Å²) in [7, 11) is 0. The van der Waals surface area contributed by atoms with Crippen LogP contribution in [0.3, 0.4) is 0 Å². The maximum atomic E-state index is 13.5. The summed E-state index contributed by atoms with van der Waals surface area (Å²) in [5.41, 5.74) is -0.0225. The molecule has 0 saturated heterocycles. The van der Waals surface area contributed by atoms with Gasteiger partial charge in [0, 0.05) is 10.5 Å². The zero-order valence-corrected chi connectivity index (χ0v) is 11.7. The van der Waals surface area contributed by atoms with Crippen molar-refractivity contribution in [1.29, 1.82) is 0 Å². The van der Waals surface area contributed by atoms with E-state index < -0.39 is 34.3 Å². The van der Waals surface area contributed by atoms with Crippen LogP contribution in [0.4, 0.5) is 17.6 Å².